The van der Waals surface area contributed by atoms with E-state index in [4.69, 9.17) is 4.74 Å². The van der Waals surface area contributed by atoms with Crippen molar-refractivity contribution in [1.82, 2.24) is 9.80 Å². The van der Waals surface area contributed by atoms with Crippen LogP contribution >= 0.6 is 0 Å². The molecule has 0 spiro atoms. The number of hydrogen-bond donors (Lipinski definition) is 1. The number of aliphatic carboxylic acids is 1. The molecule has 2 heterocycles. The highest BCUT2D eigenvalue weighted by Crippen LogP contribution is 2.46. The molecule has 0 radical (unpaired) electrons. The summed E-state index contributed by atoms with van der Waals surface area (Å²) in [5.74, 6) is -0.652. The third-order valence-electron chi connectivity index (χ3n) is 8.01. The van der Waals surface area contributed by atoms with E-state index in [-0.39, 0.29) is 24.4 Å². The lowest BCUT2D eigenvalue weighted by molar-refractivity contribution is -0.144. The van der Waals surface area contributed by atoms with E-state index in [1.165, 1.54) is 5.56 Å². The number of amides is 1. The smallest absolute Gasteiger partial charge is 0.309 e. The number of carboxylic acid groups (broad SMARTS) is 1. The number of unbranched alkanes of at least 4 members (excludes halogenated alkanes) is 2. The predicted octanol–water partition coefficient (Wildman–Crippen LogP) is 5.45. The van der Waals surface area contributed by atoms with Gasteiger partial charge in [-0.2, -0.15) is 0 Å². The van der Waals surface area contributed by atoms with Gasteiger partial charge >= 0.3 is 5.97 Å². The van der Waals surface area contributed by atoms with Crippen LogP contribution in [0.1, 0.15) is 80.7 Å². The quantitative estimate of drug-likeness (QED) is 0.414. The van der Waals surface area contributed by atoms with Crippen LogP contribution in [0.15, 0.2) is 42.5 Å². The fraction of sp³-hybridized carbons (Fsp3) is 0.548. The average molecular weight is 507 g/mol. The lowest BCUT2D eigenvalue weighted by Gasteiger charge is -2.30. The highest BCUT2D eigenvalue weighted by atomic mass is 16.5. The van der Waals surface area contributed by atoms with Gasteiger partial charge in [-0.1, -0.05) is 70.0 Å². The molecular weight excluding hydrogens is 464 g/mol. The second-order valence-electron chi connectivity index (χ2n) is 10.5. The summed E-state index contributed by atoms with van der Waals surface area (Å²) in [6.07, 6.45) is 5.82. The summed E-state index contributed by atoms with van der Waals surface area (Å²) in [7, 11) is 0. The molecule has 0 bridgehead atoms. The van der Waals surface area contributed by atoms with E-state index < -0.39 is 11.9 Å². The van der Waals surface area contributed by atoms with Crippen molar-refractivity contribution < 1.29 is 19.4 Å². The van der Waals surface area contributed by atoms with E-state index in [1.54, 1.807) is 0 Å². The van der Waals surface area contributed by atoms with Gasteiger partial charge in [-0.3, -0.25) is 14.5 Å². The second-order valence-corrected chi connectivity index (χ2v) is 10.5. The number of nitrogens with zero attached hydrogens (tertiary/aromatic N) is 2. The van der Waals surface area contributed by atoms with Crippen molar-refractivity contribution in [2.75, 3.05) is 32.8 Å². The summed E-state index contributed by atoms with van der Waals surface area (Å²) in [6, 6.07) is 14.0. The first kappa shape index (κ1) is 27.2. The molecule has 2 aliphatic heterocycles. The highest BCUT2D eigenvalue weighted by molar-refractivity contribution is 5.79. The van der Waals surface area contributed by atoms with Crippen LogP contribution < -0.4 is 4.74 Å². The van der Waals surface area contributed by atoms with Gasteiger partial charge in [0.2, 0.25) is 5.91 Å². The van der Waals surface area contributed by atoms with Crippen molar-refractivity contribution in [1.29, 1.82) is 0 Å². The maximum atomic E-state index is 13.6. The fourth-order valence-electron chi connectivity index (χ4n) is 5.85. The molecule has 1 fully saturated rings. The Hall–Kier alpha value is -2.86. The van der Waals surface area contributed by atoms with Gasteiger partial charge in [-0.15, -0.1) is 0 Å². The molecule has 0 unspecified atom stereocenters. The topological polar surface area (TPSA) is 70.1 Å². The zero-order valence-corrected chi connectivity index (χ0v) is 22.6. The van der Waals surface area contributed by atoms with Crippen LogP contribution in [-0.4, -0.2) is 59.6 Å². The van der Waals surface area contributed by atoms with E-state index >= 15 is 0 Å². The largest absolute Gasteiger partial charge is 0.493 e. The molecular formula is C31H42N2O4. The molecule has 0 aliphatic carbocycles. The molecule has 2 aromatic carbocycles. The predicted molar refractivity (Wildman–Crippen MR) is 146 cm³/mol. The monoisotopic (exact) mass is 506 g/mol. The van der Waals surface area contributed by atoms with Crippen LogP contribution in [0.25, 0.3) is 0 Å². The Bertz CT molecular complexity index is 1060. The molecule has 0 saturated carbocycles. The van der Waals surface area contributed by atoms with Crippen molar-refractivity contribution in [2.45, 2.75) is 71.3 Å². The first-order valence-corrected chi connectivity index (χ1v) is 14.1. The zero-order valence-electron chi connectivity index (χ0n) is 22.6. The van der Waals surface area contributed by atoms with Gasteiger partial charge in [0.05, 0.1) is 19.1 Å². The fourth-order valence-corrected chi connectivity index (χ4v) is 5.85. The number of rotatable bonds is 12. The number of aryl methyl sites for hydroxylation is 1. The first-order chi connectivity index (χ1) is 18.0. The number of fused-ring (bicyclic) bond motifs is 1. The van der Waals surface area contributed by atoms with Gasteiger partial charge in [-0.25, -0.2) is 0 Å². The maximum Gasteiger partial charge on any atom is 0.309 e. The standard InChI is InChI=1S/C31H42N2O4/c1-4-7-16-32(17-8-5-2)28(34)21-33-20-26(24-13-14-27-25(19-24)15-18-37-27)29(31(35)36)30(33)23-11-9-22(6-3)10-12-23/h9-14,19,26,29-30H,4-8,15-18,20-21H2,1-3H3,(H,35,36)/t26-,29-,30+/m0/s1. The van der Waals surface area contributed by atoms with Gasteiger partial charge in [0.25, 0.3) is 0 Å². The minimum Gasteiger partial charge on any atom is -0.493 e. The minimum atomic E-state index is -0.810. The zero-order chi connectivity index (χ0) is 26.4. The van der Waals surface area contributed by atoms with E-state index in [1.807, 2.05) is 17.0 Å². The first-order valence-electron chi connectivity index (χ1n) is 14.1. The summed E-state index contributed by atoms with van der Waals surface area (Å²) in [5, 5.41) is 10.5. The number of carboxylic acids is 1. The molecule has 1 saturated heterocycles. The lowest BCUT2D eigenvalue weighted by atomic mass is 9.82. The molecule has 3 atom stereocenters. The highest BCUT2D eigenvalue weighted by Gasteiger charge is 2.48. The number of carbonyl (C=O) groups excluding carboxylic acids is 1. The summed E-state index contributed by atoms with van der Waals surface area (Å²) < 4.78 is 5.69. The molecule has 4 rings (SSSR count). The number of likely N-dealkylation sites (tertiary alicyclic amines) is 1. The number of hydrogen-bond acceptors (Lipinski definition) is 4. The Morgan fingerprint density at radius 3 is 2.30 bits per heavy atom. The van der Waals surface area contributed by atoms with Crippen molar-refractivity contribution in [2.24, 2.45) is 5.92 Å². The normalized spacial score (nSPS) is 21.0. The summed E-state index contributed by atoms with van der Waals surface area (Å²) in [5.41, 5.74) is 4.36. The van der Waals surface area contributed by atoms with Gasteiger partial charge in [0, 0.05) is 38.0 Å². The summed E-state index contributed by atoms with van der Waals surface area (Å²) in [6.45, 7) is 9.37. The molecule has 200 valence electrons. The Morgan fingerprint density at radius 1 is 1.00 bits per heavy atom. The number of carbonyl (C=O) groups is 2. The van der Waals surface area contributed by atoms with E-state index in [0.29, 0.717) is 13.2 Å². The van der Waals surface area contributed by atoms with Crippen molar-refractivity contribution in [3.63, 3.8) is 0 Å². The Kier molecular flexibility index (Phi) is 9.25. The Balaban J connectivity index is 1.67. The molecule has 2 aromatic rings. The molecule has 6 heteroatoms. The molecule has 1 N–H and O–H groups in total. The van der Waals surface area contributed by atoms with E-state index in [9.17, 15) is 14.7 Å². The minimum absolute atomic E-state index is 0.101. The molecule has 6 nitrogen and oxygen atoms in total. The molecule has 0 aromatic heterocycles. The van der Waals surface area contributed by atoms with Gasteiger partial charge < -0.3 is 14.7 Å². The average Bonchev–Trinajstić information content (AvgIpc) is 3.53. The second kappa shape index (κ2) is 12.6. The van der Waals surface area contributed by atoms with Gasteiger partial charge in [-0.05, 0) is 47.6 Å². The van der Waals surface area contributed by atoms with Crippen LogP contribution in [0.2, 0.25) is 0 Å². The number of benzene rings is 2. The third kappa shape index (κ3) is 6.18. The molecule has 1 amide bonds. The van der Waals surface area contributed by atoms with Crippen molar-refractivity contribution in [3.05, 3.63) is 64.7 Å². The van der Waals surface area contributed by atoms with Crippen LogP contribution in [-0.2, 0) is 22.4 Å². The van der Waals surface area contributed by atoms with Gasteiger partial charge in [0.1, 0.15) is 5.75 Å². The van der Waals surface area contributed by atoms with E-state index in [2.05, 4.69) is 56.0 Å². The number of ether oxygens (including phenoxy) is 1. The molecule has 37 heavy (non-hydrogen) atoms. The summed E-state index contributed by atoms with van der Waals surface area (Å²) in [4.78, 5) is 30.5. The van der Waals surface area contributed by atoms with Gasteiger partial charge in [0.15, 0.2) is 0 Å². The van der Waals surface area contributed by atoms with Crippen molar-refractivity contribution >= 4 is 11.9 Å². The van der Waals surface area contributed by atoms with Crippen molar-refractivity contribution in [3.8, 4) is 5.75 Å². The van der Waals surface area contributed by atoms with Crippen LogP contribution in [0.3, 0.4) is 0 Å². The summed E-state index contributed by atoms with van der Waals surface area (Å²) >= 11 is 0. The van der Waals surface area contributed by atoms with E-state index in [0.717, 1.165) is 74.1 Å². The van der Waals surface area contributed by atoms with Crippen LogP contribution in [0.4, 0.5) is 0 Å². The Labute approximate surface area is 221 Å². The van der Waals surface area contributed by atoms with Crippen LogP contribution in [0.5, 0.6) is 5.75 Å². The third-order valence-corrected chi connectivity index (χ3v) is 8.01. The molecule has 2 aliphatic rings. The lowest BCUT2D eigenvalue weighted by Crippen LogP contribution is -2.42. The van der Waals surface area contributed by atoms with Crippen LogP contribution in [0, 0.1) is 5.92 Å². The maximum absolute atomic E-state index is 13.6. The SMILES string of the molecule is CCCCN(CCCC)C(=O)CN1C[C@@H](c2ccc3c(c2)CCO3)[C@H](C(=O)O)[C@H]1c1ccc(CC)cc1. The Morgan fingerprint density at radius 2 is 1.68 bits per heavy atom.